The summed E-state index contributed by atoms with van der Waals surface area (Å²) in [5, 5.41) is 0. The number of rotatable bonds is 7. The Morgan fingerprint density at radius 2 is 2.15 bits per heavy atom. The van der Waals surface area contributed by atoms with Gasteiger partial charge in [-0.3, -0.25) is 0 Å². The highest BCUT2D eigenvalue weighted by molar-refractivity contribution is 7.98. The van der Waals surface area contributed by atoms with E-state index in [4.69, 9.17) is 0 Å². The van der Waals surface area contributed by atoms with Crippen molar-refractivity contribution in [2.24, 2.45) is 0 Å². The van der Waals surface area contributed by atoms with Gasteiger partial charge in [-0.1, -0.05) is 30.9 Å². The Hall–Kier alpha value is -0.430. The number of thioether (sulfide) groups is 1. The monoisotopic (exact) mass is 196 g/mol. The summed E-state index contributed by atoms with van der Waals surface area (Å²) in [6.45, 7) is 5.84. The Balaban J connectivity index is 3.65. The summed E-state index contributed by atoms with van der Waals surface area (Å²) in [6, 6.07) is 0. The molecule has 0 heterocycles. The highest BCUT2D eigenvalue weighted by Gasteiger charge is 1.91. The van der Waals surface area contributed by atoms with Crippen LogP contribution < -0.4 is 0 Å². The van der Waals surface area contributed by atoms with Gasteiger partial charge in [0.05, 0.1) is 0 Å². The molecule has 0 aromatic carbocycles. The van der Waals surface area contributed by atoms with Crippen molar-refractivity contribution in [3.63, 3.8) is 0 Å². The molecule has 0 bridgehead atoms. The normalized spacial score (nSPS) is 12.3. The Morgan fingerprint density at radius 3 is 2.69 bits per heavy atom. The molecule has 13 heavy (non-hydrogen) atoms. The summed E-state index contributed by atoms with van der Waals surface area (Å²) in [5.74, 6) is 1.27. The van der Waals surface area contributed by atoms with Crippen LogP contribution in [0.5, 0.6) is 0 Å². The van der Waals surface area contributed by atoms with Crippen molar-refractivity contribution in [1.82, 2.24) is 0 Å². The first-order valence-corrected chi connectivity index (χ1v) is 6.17. The molecule has 0 aliphatic heterocycles. The lowest BCUT2D eigenvalue weighted by atomic mass is 10.1. The van der Waals surface area contributed by atoms with E-state index in [9.17, 15) is 0 Å². The second-order valence-corrected chi connectivity index (χ2v) is 3.91. The van der Waals surface area contributed by atoms with Crippen molar-refractivity contribution >= 4 is 11.8 Å². The molecule has 0 atom stereocenters. The molecule has 0 amide bonds. The van der Waals surface area contributed by atoms with E-state index in [2.05, 4.69) is 25.0 Å². The van der Waals surface area contributed by atoms with Gasteiger partial charge in [-0.05, 0) is 43.8 Å². The van der Waals surface area contributed by atoms with Crippen molar-refractivity contribution in [3.05, 3.63) is 36.5 Å². The molecule has 0 aliphatic rings. The first-order chi connectivity index (χ1) is 6.35. The average Bonchev–Trinajstić information content (AvgIpc) is 2.17. The fourth-order valence-electron chi connectivity index (χ4n) is 1.05. The predicted octanol–water partition coefficient (Wildman–Crippen LogP) is 4.21. The van der Waals surface area contributed by atoms with Crippen LogP contribution in [0.2, 0.25) is 0 Å². The molecule has 0 saturated heterocycles. The third-order valence-corrected chi connectivity index (χ3v) is 2.53. The van der Waals surface area contributed by atoms with Gasteiger partial charge in [0.25, 0.3) is 0 Å². The largest absolute Gasteiger partial charge is 0.165 e. The van der Waals surface area contributed by atoms with Gasteiger partial charge in [0, 0.05) is 0 Å². The summed E-state index contributed by atoms with van der Waals surface area (Å²) in [5.41, 5.74) is 1.35. The maximum absolute atomic E-state index is 3.81. The summed E-state index contributed by atoms with van der Waals surface area (Å²) in [4.78, 5) is 0. The van der Waals surface area contributed by atoms with E-state index in [1.54, 1.807) is 0 Å². The lowest BCUT2D eigenvalue weighted by molar-refractivity contribution is 0.806. The minimum Gasteiger partial charge on any atom is -0.165 e. The van der Waals surface area contributed by atoms with Crippen molar-refractivity contribution in [2.45, 2.75) is 26.2 Å². The average molecular weight is 196 g/mol. The SMILES string of the molecule is C=C/C(=C\C=C/C)CCCCSC. The molecule has 0 radical (unpaired) electrons. The molecule has 74 valence electrons. The summed E-state index contributed by atoms with van der Waals surface area (Å²) < 4.78 is 0. The van der Waals surface area contributed by atoms with E-state index in [0.717, 1.165) is 6.42 Å². The molecule has 0 spiro atoms. The molecule has 0 N–H and O–H groups in total. The number of hydrogen-bond acceptors (Lipinski definition) is 1. The highest BCUT2D eigenvalue weighted by atomic mass is 32.2. The maximum Gasteiger partial charge on any atom is -0.00702 e. The number of allylic oxidation sites excluding steroid dienone is 5. The molecule has 0 unspecified atom stereocenters. The third kappa shape index (κ3) is 7.92. The smallest absolute Gasteiger partial charge is 0.00702 e. The summed E-state index contributed by atoms with van der Waals surface area (Å²) >= 11 is 1.92. The van der Waals surface area contributed by atoms with Crippen LogP contribution in [0, 0.1) is 0 Å². The highest BCUT2D eigenvalue weighted by Crippen LogP contribution is 2.10. The Labute approximate surface area is 86.8 Å². The van der Waals surface area contributed by atoms with Gasteiger partial charge >= 0.3 is 0 Å². The van der Waals surface area contributed by atoms with Crippen LogP contribution in [0.15, 0.2) is 36.5 Å². The second kappa shape index (κ2) is 9.66. The van der Waals surface area contributed by atoms with Gasteiger partial charge in [-0.2, -0.15) is 11.8 Å². The topological polar surface area (TPSA) is 0 Å². The van der Waals surface area contributed by atoms with Gasteiger partial charge in [0.2, 0.25) is 0 Å². The zero-order valence-electron chi connectivity index (χ0n) is 8.75. The quantitative estimate of drug-likeness (QED) is 0.434. The Bertz CT molecular complexity index is 178. The van der Waals surface area contributed by atoms with Crippen LogP contribution in [0.25, 0.3) is 0 Å². The van der Waals surface area contributed by atoms with Crippen molar-refractivity contribution < 1.29 is 0 Å². The van der Waals surface area contributed by atoms with Crippen LogP contribution in [0.4, 0.5) is 0 Å². The van der Waals surface area contributed by atoms with Gasteiger partial charge < -0.3 is 0 Å². The molecule has 0 aliphatic carbocycles. The third-order valence-electron chi connectivity index (χ3n) is 1.83. The standard InChI is InChI=1S/C12H20S/c1-4-6-9-12(5-2)10-7-8-11-13-3/h4-6,9H,2,7-8,10-11H2,1,3H3/b6-4-,12-9+. The Kier molecular flexibility index (Phi) is 9.34. The molecule has 0 fully saturated rings. The summed E-state index contributed by atoms with van der Waals surface area (Å²) in [7, 11) is 0. The molecule has 0 aromatic rings. The molecule has 0 nitrogen and oxygen atoms in total. The van der Waals surface area contributed by atoms with E-state index >= 15 is 0 Å². The van der Waals surface area contributed by atoms with Crippen LogP contribution in [0.1, 0.15) is 26.2 Å². The van der Waals surface area contributed by atoms with E-state index in [1.807, 2.05) is 30.8 Å². The number of hydrogen-bond donors (Lipinski definition) is 0. The van der Waals surface area contributed by atoms with E-state index in [1.165, 1.54) is 24.2 Å². The van der Waals surface area contributed by atoms with E-state index in [0.29, 0.717) is 0 Å². The van der Waals surface area contributed by atoms with Gasteiger partial charge in [-0.15, -0.1) is 0 Å². The molecule has 0 aromatic heterocycles. The Morgan fingerprint density at radius 1 is 1.38 bits per heavy atom. The summed E-state index contributed by atoms with van der Waals surface area (Å²) in [6.07, 6.45) is 14.1. The predicted molar refractivity (Wildman–Crippen MR) is 65.3 cm³/mol. The zero-order chi connectivity index (χ0) is 9.94. The first-order valence-electron chi connectivity index (χ1n) is 4.78. The molecular formula is C12H20S. The van der Waals surface area contributed by atoms with Crippen LogP contribution >= 0.6 is 11.8 Å². The van der Waals surface area contributed by atoms with Crippen LogP contribution in [0.3, 0.4) is 0 Å². The number of unbranched alkanes of at least 4 members (excludes halogenated alkanes) is 1. The van der Waals surface area contributed by atoms with Crippen molar-refractivity contribution in [2.75, 3.05) is 12.0 Å². The molecule has 0 saturated carbocycles. The second-order valence-electron chi connectivity index (χ2n) is 2.92. The van der Waals surface area contributed by atoms with E-state index < -0.39 is 0 Å². The molecule has 0 rings (SSSR count). The minimum atomic E-state index is 1.16. The van der Waals surface area contributed by atoms with E-state index in [-0.39, 0.29) is 0 Å². The first kappa shape index (κ1) is 12.6. The zero-order valence-corrected chi connectivity index (χ0v) is 9.57. The van der Waals surface area contributed by atoms with Crippen molar-refractivity contribution in [3.8, 4) is 0 Å². The molecule has 1 heteroatoms. The van der Waals surface area contributed by atoms with Gasteiger partial charge in [0.15, 0.2) is 0 Å². The lowest BCUT2D eigenvalue weighted by Gasteiger charge is -2.00. The van der Waals surface area contributed by atoms with Crippen LogP contribution in [-0.2, 0) is 0 Å². The van der Waals surface area contributed by atoms with Gasteiger partial charge in [0.1, 0.15) is 0 Å². The minimum absolute atomic E-state index is 1.16. The lowest BCUT2D eigenvalue weighted by Crippen LogP contribution is -1.82. The fourth-order valence-corrected chi connectivity index (χ4v) is 1.54. The van der Waals surface area contributed by atoms with Crippen LogP contribution in [-0.4, -0.2) is 12.0 Å². The van der Waals surface area contributed by atoms with Crippen molar-refractivity contribution in [1.29, 1.82) is 0 Å². The molecular weight excluding hydrogens is 176 g/mol. The maximum atomic E-state index is 3.81. The fraction of sp³-hybridized carbons (Fsp3) is 0.500. The van der Waals surface area contributed by atoms with Gasteiger partial charge in [-0.25, -0.2) is 0 Å².